The van der Waals surface area contributed by atoms with Gasteiger partial charge in [-0.3, -0.25) is 28.8 Å². The molecule has 0 saturated heterocycles. The summed E-state index contributed by atoms with van der Waals surface area (Å²) >= 11 is 11.4. The van der Waals surface area contributed by atoms with E-state index in [-0.39, 0.29) is 77.2 Å². The van der Waals surface area contributed by atoms with Gasteiger partial charge in [0.25, 0.3) is 0 Å². The average molecular weight is 1700 g/mol. The van der Waals surface area contributed by atoms with Gasteiger partial charge < -0.3 is 18.2 Å². The van der Waals surface area contributed by atoms with Crippen molar-refractivity contribution in [2.45, 2.75) is 233 Å². The van der Waals surface area contributed by atoms with E-state index in [1.807, 2.05) is 247 Å². The maximum Gasteiger partial charge on any atom is 0.216 e. The van der Waals surface area contributed by atoms with Crippen LogP contribution in [0.15, 0.2) is 171 Å². The number of methoxy groups -OCH3 is 1. The van der Waals surface area contributed by atoms with E-state index in [9.17, 15) is 28.8 Å². The molecule has 642 valence electrons. The number of ketones is 6. The number of furan rings is 1. The quantitative estimate of drug-likeness (QED) is 0.104. The predicted octanol–water partition coefficient (Wildman–Crippen LogP) is 28.4. The van der Waals surface area contributed by atoms with E-state index in [4.69, 9.17) is 30.3 Å². The van der Waals surface area contributed by atoms with Crippen molar-refractivity contribution in [3.8, 4) is 39.0 Å². The fraction of sp³-hybridized carbons (Fsp3) is 0.416. The lowest BCUT2D eigenvalue weighted by Gasteiger charge is -2.20. The van der Waals surface area contributed by atoms with E-state index in [0.29, 0.717) is 45.8 Å². The molecular weight excluding hydrogens is 1570 g/mol. The van der Waals surface area contributed by atoms with E-state index in [1.54, 1.807) is 29.8 Å². The second kappa shape index (κ2) is 41.2. The van der Waals surface area contributed by atoms with E-state index >= 15 is 0 Å². The van der Waals surface area contributed by atoms with E-state index in [1.165, 1.54) is 60.7 Å². The number of hydrogen-bond donors (Lipinski definition) is 0. The molecule has 0 N–H and O–H groups in total. The molecule has 120 heavy (non-hydrogen) atoms. The zero-order valence-corrected chi connectivity index (χ0v) is 78.2. The van der Waals surface area contributed by atoms with Crippen molar-refractivity contribution in [2.75, 3.05) is 7.11 Å². The molecule has 0 aliphatic heterocycles. The summed E-state index contributed by atoms with van der Waals surface area (Å²) in [6.07, 6.45) is 1.50. The Hall–Kier alpha value is -9.72. The number of aromatic nitrogens is 6. The lowest BCUT2D eigenvalue weighted by Crippen LogP contribution is -2.23. The molecule has 0 saturated carbocycles. The van der Waals surface area contributed by atoms with Gasteiger partial charge >= 0.3 is 0 Å². The molecule has 7 aromatic heterocycles. The Labute approximate surface area is 731 Å². The molecule has 0 amide bonds. The van der Waals surface area contributed by atoms with E-state index < -0.39 is 16.2 Å². The van der Waals surface area contributed by atoms with Gasteiger partial charge in [-0.25, -0.2) is 15.0 Å². The maximum absolute atomic E-state index is 12.5. The van der Waals surface area contributed by atoms with Gasteiger partial charge in [-0.2, -0.15) is 4.98 Å². The molecule has 19 heteroatoms. The van der Waals surface area contributed by atoms with Crippen LogP contribution in [0.25, 0.3) is 59.4 Å². The van der Waals surface area contributed by atoms with Gasteiger partial charge in [-0.15, -0.1) is 34.0 Å². The summed E-state index contributed by atoms with van der Waals surface area (Å²) in [5, 5.41) is 9.41. The molecule has 0 bridgehead atoms. The molecule has 1 unspecified atom stereocenters. The molecule has 13 rings (SSSR count). The van der Waals surface area contributed by atoms with Gasteiger partial charge in [-0.1, -0.05) is 316 Å². The predicted molar refractivity (Wildman–Crippen MR) is 503 cm³/mol. The van der Waals surface area contributed by atoms with Crippen LogP contribution in [0.4, 0.5) is 0 Å². The number of allylic oxidation sites excluding steroid dienone is 1. The Kier molecular flexibility index (Phi) is 34.6. The van der Waals surface area contributed by atoms with Crippen LogP contribution in [-0.2, 0) is 28.5 Å². The minimum Gasteiger partial charge on any atom is -0.481 e. The van der Waals surface area contributed by atoms with Gasteiger partial charge in [0.2, 0.25) is 11.7 Å². The highest BCUT2D eigenvalue weighted by atomic mass is 35.5. The molecule has 1 atom stereocenters. The van der Waals surface area contributed by atoms with Crippen molar-refractivity contribution >= 4 is 107 Å². The van der Waals surface area contributed by atoms with Gasteiger partial charge in [0.1, 0.15) is 23.0 Å². The van der Waals surface area contributed by atoms with Crippen molar-refractivity contribution in [2.24, 2.45) is 39.5 Å². The molecule has 0 fully saturated rings. The lowest BCUT2D eigenvalue weighted by molar-refractivity contribution is -0.126. The Balaban J connectivity index is 0.000000250. The van der Waals surface area contributed by atoms with Crippen molar-refractivity contribution in [3.05, 3.63) is 240 Å². The van der Waals surface area contributed by atoms with Crippen LogP contribution in [0, 0.1) is 74.0 Å². The highest BCUT2D eigenvalue weighted by molar-refractivity contribution is 7.22. The topological polar surface area (TPSA) is 207 Å². The molecular formula is C101H129ClN6O9S3. The number of aryl methyl sites for hydroxylation is 8. The lowest BCUT2D eigenvalue weighted by atomic mass is 9.82. The largest absolute Gasteiger partial charge is 0.481 e. The molecule has 5 aromatic carbocycles. The first-order chi connectivity index (χ1) is 54.6. The van der Waals surface area contributed by atoms with Crippen LogP contribution >= 0.6 is 45.6 Å². The number of Topliss-reactive ketones (excluding diaryl/α,β-unsaturated/α-hetero) is 6. The normalized spacial score (nSPS) is 12.6. The summed E-state index contributed by atoms with van der Waals surface area (Å²) in [7, 11) is 3.43. The first-order valence-corrected chi connectivity index (χ1v) is 42.8. The molecule has 0 radical (unpaired) electrons. The maximum atomic E-state index is 12.5. The molecule has 15 nitrogen and oxygen atoms in total. The molecule has 1 aliphatic rings. The van der Waals surface area contributed by atoms with E-state index in [0.717, 1.165) is 73.1 Å². The number of carbonyl (C=O) groups excluding carboxylic acids is 6. The third-order valence-corrected chi connectivity index (χ3v) is 23.3. The number of thiophene rings is 1. The Morgan fingerprint density at radius 1 is 0.567 bits per heavy atom. The number of ether oxygens (including phenoxy) is 1. The standard InChI is InChI=1S/C19H21NO2.C16H17NS2.C15H17ClO.C15H17NO2.C14H20O.C11H16N2O2.C9H13NOS.2CH4/c1-12-6-8-13(9-7-12)16-10-14-17(22-16)11-15(20(14)5)18(21)19(2,3)4;1-10-11-7-5-6-8-13(11)19-14(10)12-9-18-15(17-12)16(2,3)4;1-9-10-7-5-6-8-11(10)13(16)12(9)14(17)15(2,3)4;1-10-12(14(17)15(2,3)4)13(16-18-10)11-8-6-5-7-9-11;1-11-5-7-12(8-6-11)9-10-13(15)14(2,3)4;1-7-6-8(15-5)13-10(12-7)9(14)11(2,3)4;1-6-7(12-5-10-6)8(11)9(2,3)4;;/h6-11H,1-5H3;5-9H,1-4H3;5-9H,1-4H3;5-9H,1-4H3;5-8H,9-10H2,1-4H3;6H,1-5H3;5H,1-4H3;2*1H4. The first-order valence-electron chi connectivity index (χ1n) is 39.9. The first kappa shape index (κ1) is 101. The van der Waals surface area contributed by atoms with Crippen molar-refractivity contribution in [1.82, 2.24) is 29.7 Å². The second-order valence-corrected chi connectivity index (χ2v) is 40.4. The van der Waals surface area contributed by atoms with Crippen molar-refractivity contribution in [3.63, 3.8) is 0 Å². The van der Waals surface area contributed by atoms with Crippen LogP contribution in [0.1, 0.15) is 276 Å². The van der Waals surface area contributed by atoms with Crippen LogP contribution < -0.4 is 4.74 Å². The summed E-state index contributed by atoms with van der Waals surface area (Å²) in [5.74, 6) is 2.92. The smallest absolute Gasteiger partial charge is 0.216 e. The Morgan fingerprint density at radius 3 is 1.61 bits per heavy atom. The highest BCUT2D eigenvalue weighted by Gasteiger charge is 2.37. The molecule has 12 aromatic rings. The fourth-order valence-corrected chi connectivity index (χ4v) is 15.6. The van der Waals surface area contributed by atoms with Crippen molar-refractivity contribution < 1.29 is 42.4 Å². The zero-order valence-electron chi connectivity index (χ0n) is 75.0. The Bertz CT molecular complexity index is 5540. The summed E-state index contributed by atoms with van der Waals surface area (Å²) in [5.41, 5.74) is 15.9. The van der Waals surface area contributed by atoms with Crippen molar-refractivity contribution in [1.29, 1.82) is 0 Å². The monoisotopic (exact) mass is 1700 g/mol. The minimum absolute atomic E-state index is 0. The molecule has 7 heterocycles. The van der Waals surface area contributed by atoms with Crippen LogP contribution in [0.3, 0.4) is 0 Å². The van der Waals surface area contributed by atoms with Gasteiger partial charge in [0.15, 0.2) is 34.5 Å². The summed E-state index contributed by atoms with van der Waals surface area (Å²) in [6.45, 7) is 55.0. The summed E-state index contributed by atoms with van der Waals surface area (Å²) < 4.78 is 19.4. The number of rotatable bonds is 12. The second-order valence-electron chi connectivity index (χ2n) is 37.2. The average Bonchev–Trinajstić information content (AvgIpc) is 1.63. The number of benzene rings is 5. The number of thiazole rings is 2. The minimum atomic E-state index is -0.473. The van der Waals surface area contributed by atoms with Gasteiger partial charge in [0.05, 0.1) is 60.6 Å². The number of carbonyl (C=O) groups is 6. The Morgan fingerprint density at radius 2 is 1.11 bits per heavy atom. The SMILES string of the molecule is C.C.CC1C(C(=O)C(C)(C)C)=C(Cl)c2ccccc21.COc1cc(C)nc(C(=O)C(C)(C)C)n1.Cc1c(-c2csc(C(C)(C)C)n2)sc2ccccc12.Cc1ccc(-c2cc3c(cc(C(=O)C(C)(C)C)n3C)o2)cc1.Cc1ccc(CCC(=O)C(C)(C)C)cc1.Cc1ncsc1C(=O)C(C)(C)C.Cc1onc(-c2ccccc2)c1C(=O)C(C)(C)C. The third-order valence-electron chi connectivity index (χ3n) is 19.4. The van der Waals surface area contributed by atoms with Crippen LogP contribution in [0.2, 0.25) is 0 Å². The number of fused-ring (bicyclic) bond motifs is 3. The summed E-state index contributed by atoms with van der Waals surface area (Å²) in [6, 6.07) is 48.4. The third kappa shape index (κ3) is 26.4. The fourth-order valence-electron chi connectivity index (χ4n) is 12.1. The van der Waals surface area contributed by atoms with Gasteiger partial charge in [-0.05, 0) is 81.7 Å². The number of hydrogen-bond acceptors (Lipinski definition) is 17. The number of halogens is 1. The number of nitrogens with zero attached hydrogens (tertiary/aromatic N) is 6. The van der Waals surface area contributed by atoms with E-state index in [2.05, 4.69) is 128 Å². The molecule has 0 spiro atoms. The summed E-state index contributed by atoms with van der Waals surface area (Å²) in [4.78, 5) is 91.8. The van der Waals surface area contributed by atoms with Crippen LogP contribution in [0.5, 0.6) is 5.88 Å². The highest BCUT2D eigenvalue weighted by Crippen LogP contribution is 2.47. The van der Waals surface area contributed by atoms with Crippen LogP contribution in [-0.4, -0.2) is 71.5 Å². The zero-order chi connectivity index (χ0) is 88.3. The molecule has 1 aliphatic carbocycles. The van der Waals surface area contributed by atoms with Gasteiger partial charge in [0, 0.05) is 108 Å².